The molecular formula is C18H20N2. The van der Waals surface area contributed by atoms with E-state index < -0.39 is 0 Å². The molecule has 1 aliphatic rings. The quantitative estimate of drug-likeness (QED) is 0.709. The van der Waals surface area contributed by atoms with Gasteiger partial charge >= 0.3 is 0 Å². The van der Waals surface area contributed by atoms with Crippen LogP contribution < -0.4 is 0 Å². The van der Waals surface area contributed by atoms with Gasteiger partial charge in [0.25, 0.3) is 0 Å². The molecule has 2 aromatic carbocycles. The highest BCUT2D eigenvalue weighted by Gasteiger charge is 2.18. The minimum atomic E-state index is 0.945. The molecule has 2 heteroatoms. The molecule has 3 rings (SSSR count). The minimum absolute atomic E-state index is 0.945. The van der Waals surface area contributed by atoms with Gasteiger partial charge in [0, 0.05) is 44.8 Å². The normalized spacial score (nSPS) is 14.2. The second kappa shape index (κ2) is 6.56. The lowest BCUT2D eigenvalue weighted by Crippen LogP contribution is -2.28. The molecule has 0 aromatic heterocycles. The zero-order valence-corrected chi connectivity index (χ0v) is 11.8. The van der Waals surface area contributed by atoms with E-state index in [1.54, 1.807) is 0 Å². The van der Waals surface area contributed by atoms with Crippen molar-refractivity contribution in [2.45, 2.75) is 13.1 Å². The van der Waals surface area contributed by atoms with E-state index in [1.165, 1.54) is 30.8 Å². The molecule has 0 bridgehead atoms. The van der Waals surface area contributed by atoms with Crippen LogP contribution in [0.4, 0.5) is 0 Å². The molecule has 2 aromatic rings. The Balaban J connectivity index is 1.63. The second-order valence-corrected chi connectivity index (χ2v) is 5.36. The van der Waals surface area contributed by atoms with Crippen molar-refractivity contribution in [3.8, 4) is 0 Å². The molecule has 1 saturated heterocycles. The summed E-state index contributed by atoms with van der Waals surface area (Å²) in [5, 5.41) is 0. The summed E-state index contributed by atoms with van der Waals surface area (Å²) in [6.07, 6.45) is 0. The Morgan fingerprint density at radius 1 is 1.00 bits per heavy atom. The van der Waals surface area contributed by atoms with Gasteiger partial charge in [-0.15, -0.1) is 0 Å². The number of benzene rings is 1. The predicted molar refractivity (Wildman–Crippen MR) is 81.1 cm³/mol. The first-order valence-electron chi connectivity index (χ1n) is 7.26. The van der Waals surface area contributed by atoms with Crippen molar-refractivity contribution < 1.29 is 0 Å². The fourth-order valence-corrected chi connectivity index (χ4v) is 2.35. The van der Waals surface area contributed by atoms with E-state index in [1.807, 2.05) is 12.1 Å². The van der Waals surface area contributed by atoms with Gasteiger partial charge in [-0.3, -0.25) is 9.80 Å². The Morgan fingerprint density at radius 3 is 2.55 bits per heavy atom. The Labute approximate surface area is 121 Å². The maximum atomic E-state index is 3.21. The van der Waals surface area contributed by atoms with Crippen LogP contribution in [0.15, 0.2) is 48.5 Å². The fraction of sp³-hybridized carbons (Fsp3) is 0.333. The van der Waals surface area contributed by atoms with Crippen LogP contribution in [-0.2, 0) is 13.1 Å². The maximum Gasteiger partial charge on any atom is 0.0317 e. The summed E-state index contributed by atoms with van der Waals surface area (Å²) in [5.41, 5.74) is 2.59. The van der Waals surface area contributed by atoms with Gasteiger partial charge in [-0.05, 0) is 17.7 Å². The summed E-state index contributed by atoms with van der Waals surface area (Å²) in [6, 6.07) is 23.0. The van der Waals surface area contributed by atoms with E-state index in [0.29, 0.717) is 0 Å². The smallest absolute Gasteiger partial charge is 0.0317 e. The Hall–Kier alpha value is -1.82. The fourth-order valence-electron chi connectivity index (χ4n) is 2.35. The lowest BCUT2D eigenvalue weighted by molar-refractivity contribution is 0.243. The van der Waals surface area contributed by atoms with Crippen LogP contribution in [0.1, 0.15) is 11.1 Å². The summed E-state index contributed by atoms with van der Waals surface area (Å²) in [4.78, 5) is 4.96. The zero-order valence-electron chi connectivity index (χ0n) is 11.8. The summed E-state index contributed by atoms with van der Waals surface area (Å²) >= 11 is 0. The van der Waals surface area contributed by atoms with Gasteiger partial charge in [-0.2, -0.15) is 0 Å². The second-order valence-electron chi connectivity index (χ2n) is 5.36. The van der Waals surface area contributed by atoms with E-state index >= 15 is 0 Å². The molecule has 0 amide bonds. The lowest BCUT2D eigenvalue weighted by atomic mass is 10.2. The molecule has 102 valence electrons. The summed E-state index contributed by atoms with van der Waals surface area (Å²) < 4.78 is 0. The first kappa shape index (κ1) is 13.2. The number of nitrogens with zero attached hydrogens (tertiary/aromatic N) is 2. The monoisotopic (exact) mass is 264 g/mol. The first-order chi connectivity index (χ1) is 9.90. The molecule has 1 fully saturated rings. The predicted octanol–water partition coefficient (Wildman–Crippen LogP) is 2.60. The summed E-state index contributed by atoms with van der Waals surface area (Å²) in [7, 11) is 0. The first-order valence-corrected chi connectivity index (χ1v) is 7.26. The Bertz CT molecular complexity index is 464. The van der Waals surface area contributed by atoms with Gasteiger partial charge in [-0.25, -0.2) is 0 Å². The number of hydrogen-bond acceptors (Lipinski definition) is 2. The largest absolute Gasteiger partial charge is 0.300 e. The molecule has 1 heterocycles. The number of hydrogen-bond donors (Lipinski definition) is 0. The van der Waals surface area contributed by atoms with Gasteiger partial charge < -0.3 is 0 Å². The van der Waals surface area contributed by atoms with Crippen molar-refractivity contribution in [1.29, 1.82) is 0 Å². The third-order valence-corrected chi connectivity index (χ3v) is 3.62. The van der Waals surface area contributed by atoms with Crippen LogP contribution in [0.3, 0.4) is 0 Å². The lowest BCUT2D eigenvalue weighted by Gasteiger charge is -2.22. The van der Waals surface area contributed by atoms with Crippen LogP contribution in [0.2, 0.25) is 0 Å². The molecular weight excluding hydrogens is 244 g/mol. The standard InChI is InChI=1S/C18H20N2/c1-3-7-17(8-4-1)15-20(14-13-19-11-12-19)16-18-9-5-2-6-10-18/h1-5,7-9H,11-16H2. The van der Waals surface area contributed by atoms with Crippen molar-refractivity contribution in [1.82, 2.24) is 9.80 Å². The Morgan fingerprint density at radius 2 is 1.85 bits per heavy atom. The van der Waals surface area contributed by atoms with Crippen LogP contribution in [0.5, 0.6) is 0 Å². The minimum Gasteiger partial charge on any atom is -0.300 e. The topological polar surface area (TPSA) is 6.25 Å². The summed E-state index contributed by atoms with van der Waals surface area (Å²) in [6.45, 7) is 6.76. The van der Waals surface area contributed by atoms with E-state index in [2.05, 4.69) is 58.3 Å². The van der Waals surface area contributed by atoms with Crippen LogP contribution in [0.25, 0.3) is 0 Å². The average Bonchev–Trinajstić information content (AvgIpc) is 3.31. The van der Waals surface area contributed by atoms with Gasteiger partial charge in [0.15, 0.2) is 0 Å². The van der Waals surface area contributed by atoms with E-state index in [9.17, 15) is 0 Å². The summed E-state index contributed by atoms with van der Waals surface area (Å²) in [5.74, 6) is 0. The van der Waals surface area contributed by atoms with Crippen molar-refractivity contribution in [2.75, 3.05) is 26.2 Å². The van der Waals surface area contributed by atoms with Gasteiger partial charge in [0.05, 0.1) is 0 Å². The highest BCUT2D eigenvalue weighted by Crippen LogP contribution is 2.10. The van der Waals surface area contributed by atoms with Crippen LogP contribution >= 0.6 is 0 Å². The van der Waals surface area contributed by atoms with Crippen molar-refractivity contribution in [3.63, 3.8) is 0 Å². The highest BCUT2D eigenvalue weighted by atomic mass is 15.3. The van der Waals surface area contributed by atoms with E-state index in [-0.39, 0.29) is 0 Å². The molecule has 0 spiro atoms. The molecule has 0 unspecified atom stereocenters. The molecule has 1 aliphatic heterocycles. The Kier molecular flexibility index (Phi) is 4.32. The van der Waals surface area contributed by atoms with Crippen molar-refractivity contribution in [2.24, 2.45) is 0 Å². The van der Waals surface area contributed by atoms with Crippen molar-refractivity contribution >= 4 is 0 Å². The van der Waals surface area contributed by atoms with Gasteiger partial charge in [0.1, 0.15) is 0 Å². The molecule has 0 N–H and O–H groups in total. The SMILES string of the molecule is c1cccc(CN(CCN2CC2)Cc2ccccc2)c#1. The van der Waals surface area contributed by atoms with Gasteiger partial charge in [0.2, 0.25) is 0 Å². The van der Waals surface area contributed by atoms with Gasteiger partial charge in [-0.1, -0.05) is 48.5 Å². The van der Waals surface area contributed by atoms with Crippen LogP contribution in [0, 0.1) is 12.1 Å². The van der Waals surface area contributed by atoms with Crippen LogP contribution in [-0.4, -0.2) is 36.0 Å². The molecule has 0 saturated carbocycles. The molecule has 0 atom stereocenters. The molecule has 2 nitrogen and oxygen atoms in total. The molecule has 0 radical (unpaired) electrons. The third-order valence-electron chi connectivity index (χ3n) is 3.62. The molecule has 0 aliphatic carbocycles. The maximum absolute atomic E-state index is 3.21. The third kappa shape index (κ3) is 4.09. The van der Waals surface area contributed by atoms with E-state index in [0.717, 1.165) is 19.6 Å². The molecule has 20 heavy (non-hydrogen) atoms. The zero-order chi connectivity index (χ0) is 13.6. The van der Waals surface area contributed by atoms with E-state index in [4.69, 9.17) is 0 Å². The highest BCUT2D eigenvalue weighted by molar-refractivity contribution is 5.15. The average molecular weight is 264 g/mol. The van der Waals surface area contributed by atoms with Crippen molar-refractivity contribution in [3.05, 3.63) is 71.8 Å². The number of rotatable bonds is 7.